The number of hydrazone groups is 1. The van der Waals surface area contributed by atoms with E-state index in [0.717, 1.165) is 26.6 Å². The minimum absolute atomic E-state index is 0.0131. The van der Waals surface area contributed by atoms with Crippen molar-refractivity contribution >= 4 is 65.2 Å². The van der Waals surface area contributed by atoms with Crippen LogP contribution in [0.25, 0.3) is 10.2 Å². The lowest BCUT2D eigenvalue weighted by molar-refractivity contribution is -0.380. The first-order valence-corrected chi connectivity index (χ1v) is 14.5. The molecule has 0 unspecified atom stereocenters. The molecule has 2 aromatic heterocycles. The van der Waals surface area contributed by atoms with Gasteiger partial charge in [-0.05, 0) is 55.0 Å². The third kappa shape index (κ3) is 6.17. The largest absolute Gasteiger partial charge is 0.324 e. The van der Waals surface area contributed by atoms with Gasteiger partial charge >= 0.3 is 5.00 Å². The smallest absolute Gasteiger partial charge is 0.267 e. The summed E-state index contributed by atoms with van der Waals surface area (Å²) < 4.78 is 28.2. The summed E-state index contributed by atoms with van der Waals surface area (Å²) in [5.41, 5.74) is 1.90. The first-order chi connectivity index (χ1) is 18.6. The fourth-order valence-corrected chi connectivity index (χ4v) is 6.61. The van der Waals surface area contributed by atoms with E-state index in [-0.39, 0.29) is 28.5 Å². The van der Waals surface area contributed by atoms with Crippen LogP contribution >= 0.6 is 22.7 Å². The van der Waals surface area contributed by atoms with E-state index in [1.54, 1.807) is 0 Å². The van der Waals surface area contributed by atoms with Crippen LogP contribution in [-0.2, 0) is 10.0 Å². The molecule has 0 saturated carbocycles. The van der Waals surface area contributed by atoms with E-state index >= 15 is 0 Å². The van der Waals surface area contributed by atoms with Crippen molar-refractivity contribution in [1.29, 1.82) is 0 Å². The van der Waals surface area contributed by atoms with Crippen LogP contribution in [0.4, 0.5) is 10.1 Å². The number of thiazole rings is 1. The summed E-state index contributed by atoms with van der Waals surface area (Å²) in [4.78, 5) is 29.2. The Hall–Kier alpha value is -4.04. The zero-order chi connectivity index (χ0) is 28.2. The molecule has 10 nitrogen and oxygen atoms in total. The summed E-state index contributed by atoms with van der Waals surface area (Å²) in [6.45, 7) is 9.37. The third-order valence-electron chi connectivity index (χ3n) is 5.40. The van der Waals surface area contributed by atoms with Gasteiger partial charge in [0.2, 0.25) is 15.2 Å². The van der Waals surface area contributed by atoms with Gasteiger partial charge in [0.05, 0.1) is 31.1 Å². The molecule has 0 aliphatic rings. The Bertz CT molecular complexity index is 1680. The van der Waals surface area contributed by atoms with E-state index in [0.29, 0.717) is 15.5 Å². The highest BCUT2D eigenvalue weighted by atomic mass is 32.2. The maximum absolute atomic E-state index is 13.6. The first kappa shape index (κ1) is 28.0. The van der Waals surface area contributed by atoms with Crippen LogP contribution in [0.5, 0.6) is 0 Å². The van der Waals surface area contributed by atoms with Crippen molar-refractivity contribution < 1.29 is 18.1 Å². The lowest BCUT2D eigenvalue weighted by Gasteiger charge is -2.19. The number of nitro groups is 1. The molecular weight excluding hydrogens is 559 g/mol. The highest BCUT2D eigenvalue weighted by molar-refractivity contribution is 7.89. The molecule has 4 rings (SSSR count). The number of sulfonamides is 1. The highest BCUT2D eigenvalue weighted by Gasteiger charge is 2.25. The van der Waals surface area contributed by atoms with E-state index in [9.17, 15) is 23.3 Å². The molecule has 0 radical (unpaired) electrons. The predicted octanol–water partition coefficient (Wildman–Crippen LogP) is 5.62. The van der Waals surface area contributed by atoms with Crippen LogP contribution in [0.2, 0.25) is 0 Å². The molecular formula is C26H23N5O5S3. The minimum atomic E-state index is -3.84. The lowest BCUT2D eigenvalue weighted by Crippen LogP contribution is -2.31. The van der Waals surface area contributed by atoms with E-state index < -0.39 is 20.9 Å². The number of amides is 1. The Morgan fingerprint density at radius 3 is 2.38 bits per heavy atom. The number of carbonyl (C=O) groups excluding carboxylic acids is 1. The van der Waals surface area contributed by atoms with Crippen LogP contribution in [0.15, 0.2) is 89.9 Å². The third-order valence-corrected chi connectivity index (χ3v) is 9.21. The number of thiophene rings is 1. The lowest BCUT2D eigenvalue weighted by atomic mass is 10.2. The number of aromatic nitrogens is 1. The summed E-state index contributed by atoms with van der Waals surface area (Å²) in [7, 11) is -3.84. The number of benzene rings is 2. The monoisotopic (exact) mass is 581 g/mol. The SMILES string of the molecule is C=CCN(CC=C)S(=O)(=O)c1ccc(C(=O)N(/N=C/c2ccc([N+](=O)[O-])s2)c2nc3ccc(C)cc3s2)cc1. The Balaban J connectivity index is 1.70. The van der Waals surface area contributed by atoms with Crippen molar-refractivity contribution in [2.75, 3.05) is 18.1 Å². The minimum Gasteiger partial charge on any atom is -0.267 e. The number of hydrogen-bond acceptors (Lipinski definition) is 9. The van der Waals surface area contributed by atoms with Crippen molar-refractivity contribution in [3.63, 3.8) is 0 Å². The fourth-order valence-electron chi connectivity index (χ4n) is 3.52. The van der Waals surface area contributed by atoms with Crippen molar-refractivity contribution in [3.8, 4) is 0 Å². The molecule has 0 N–H and O–H groups in total. The van der Waals surface area contributed by atoms with E-state index in [1.807, 2.05) is 25.1 Å². The van der Waals surface area contributed by atoms with Crippen LogP contribution in [-0.4, -0.2) is 47.8 Å². The zero-order valence-electron chi connectivity index (χ0n) is 20.8. The maximum atomic E-state index is 13.6. The average Bonchev–Trinajstić information content (AvgIpc) is 3.56. The molecule has 0 aliphatic carbocycles. The number of rotatable bonds is 11. The fraction of sp³-hybridized carbons (Fsp3) is 0.115. The molecule has 0 spiro atoms. The zero-order valence-corrected chi connectivity index (χ0v) is 23.2. The number of anilines is 1. The van der Waals surface area contributed by atoms with Gasteiger partial charge in [-0.3, -0.25) is 14.9 Å². The van der Waals surface area contributed by atoms with Crippen molar-refractivity contribution in [3.05, 3.63) is 106 Å². The molecule has 0 bridgehead atoms. The van der Waals surface area contributed by atoms with Gasteiger partial charge in [-0.15, -0.1) is 13.2 Å². The standard InChI is InChI=1S/C26H23N5O5S3/c1-4-14-29(15-5-2)39(35,36)21-10-7-19(8-11-21)25(32)30(27-17-20-9-13-24(37-20)31(33)34)26-28-22-12-6-18(3)16-23(22)38-26/h4-13,16-17H,1-2,14-15H2,3H3/b27-17+. The molecule has 0 aliphatic heterocycles. The van der Waals surface area contributed by atoms with Gasteiger partial charge in [-0.1, -0.05) is 40.9 Å². The molecule has 13 heteroatoms. The molecule has 200 valence electrons. The Morgan fingerprint density at radius 2 is 1.77 bits per heavy atom. The van der Waals surface area contributed by atoms with Gasteiger partial charge in [-0.25, -0.2) is 13.4 Å². The average molecular weight is 582 g/mol. The molecule has 1 amide bonds. The Labute approximate surface area is 233 Å². The molecule has 2 aromatic carbocycles. The van der Waals surface area contributed by atoms with Crippen LogP contribution in [0.1, 0.15) is 20.8 Å². The Morgan fingerprint density at radius 1 is 1.08 bits per heavy atom. The van der Waals surface area contributed by atoms with Crippen molar-refractivity contribution in [2.45, 2.75) is 11.8 Å². The topological polar surface area (TPSA) is 126 Å². The van der Waals surface area contributed by atoms with Gasteiger partial charge in [0.1, 0.15) is 0 Å². The second-order valence-corrected chi connectivity index (χ2v) is 12.2. The van der Waals surface area contributed by atoms with Crippen molar-refractivity contribution in [2.24, 2.45) is 5.10 Å². The van der Waals surface area contributed by atoms with Crippen LogP contribution < -0.4 is 5.01 Å². The van der Waals surface area contributed by atoms with E-state index in [4.69, 9.17) is 0 Å². The van der Waals surface area contributed by atoms with Crippen LogP contribution in [0.3, 0.4) is 0 Å². The molecule has 0 fully saturated rings. The second kappa shape index (κ2) is 11.8. The van der Waals surface area contributed by atoms with Gasteiger partial charge < -0.3 is 0 Å². The van der Waals surface area contributed by atoms with Crippen molar-refractivity contribution in [1.82, 2.24) is 9.29 Å². The highest BCUT2D eigenvalue weighted by Crippen LogP contribution is 2.31. The Kier molecular flexibility index (Phi) is 8.45. The molecule has 2 heterocycles. The second-order valence-electron chi connectivity index (χ2n) is 8.19. The number of aryl methyl sites for hydroxylation is 1. The summed E-state index contributed by atoms with van der Waals surface area (Å²) in [5, 5.41) is 16.7. The summed E-state index contributed by atoms with van der Waals surface area (Å²) in [6.07, 6.45) is 4.32. The molecule has 0 saturated heterocycles. The first-order valence-electron chi connectivity index (χ1n) is 11.5. The number of carbonyl (C=O) groups is 1. The maximum Gasteiger partial charge on any atom is 0.324 e. The molecule has 0 atom stereocenters. The molecule has 4 aromatic rings. The number of hydrogen-bond donors (Lipinski definition) is 0. The van der Waals surface area contributed by atoms with Crippen LogP contribution in [0, 0.1) is 17.0 Å². The summed E-state index contributed by atoms with van der Waals surface area (Å²) >= 11 is 2.18. The van der Waals surface area contributed by atoms with Gasteiger partial charge in [-0.2, -0.15) is 14.4 Å². The predicted molar refractivity (Wildman–Crippen MR) is 155 cm³/mol. The summed E-state index contributed by atoms with van der Waals surface area (Å²) in [6, 6.07) is 14.1. The van der Waals surface area contributed by atoms with Gasteiger partial charge in [0.25, 0.3) is 5.91 Å². The quantitative estimate of drug-likeness (QED) is 0.0980. The number of nitrogens with zero attached hydrogens (tertiary/aromatic N) is 5. The van der Waals surface area contributed by atoms with E-state index in [1.165, 1.54) is 70.4 Å². The normalized spacial score (nSPS) is 11.7. The molecule has 39 heavy (non-hydrogen) atoms. The van der Waals surface area contributed by atoms with Gasteiger partial charge in [0.15, 0.2) is 0 Å². The summed E-state index contributed by atoms with van der Waals surface area (Å²) in [5.74, 6) is -0.550. The van der Waals surface area contributed by atoms with E-state index in [2.05, 4.69) is 23.2 Å². The number of fused-ring (bicyclic) bond motifs is 1. The van der Waals surface area contributed by atoms with Gasteiger partial charge in [0, 0.05) is 24.7 Å².